The molecule has 2 heterocycles. The maximum Gasteiger partial charge on any atom is 0.146 e. The number of anilines is 1. The molecule has 1 aliphatic heterocycles. The van der Waals surface area contributed by atoms with Crippen molar-refractivity contribution in [2.24, 2.45) is 0 Å². The van der Waals surface area contributed by atoms with Gasteiger partial charge in [-0.05, 0) is 22.0 Å². The highest BCUT2D eigenvalue weighted by Gasteiger charge is 2.15. The van der Waals surface area contributed by atoms with E-state index in [9.17, 15) is 0 Å². The van der Waals surface area contributed by atoms with Crippen molar-refractivity contribution in [3.8, 4) is 6.07 Å². The summed E-state index contributed by atoms with van der Waals surface area (Å²) in [5.41, 5.74) is 0.649. The zero-order valence-corrected chi connectivity index (χ0v) is 10.5. The van der Waals surface area contributed by atoms with Gasteiger partial charge < -0.3 is 4.90 Å². The Morgan fingerprint density at radius 1 is 1.47 bits per heavy atom. The Labute approximate surface area is 102 Å². The molecular weight excluding hydrogens is 274 g/mol. The molecule has 5 heteroatoms. The van der Waals surface area contributed by atoms with Crippen molar-refractivity contribution < 1.29 is 0 Å². The normalized spacial score (nSPS) is 16.1. The molecule has 0 bridgehead atoms. The average Bonchev–Trinajstić information content (AvgIpc) is 2.30. The zero-order valence-electron chi connectivity index (χ0n) is 8.11. The highest BCUT2D eigenvalue weighted by molar-refractivity contribution is 9.10. The third kappa shape index (κ3) is 2.44. The van der Waals surface area contributed by atoms with Gasteiger partial charge in [-0.15, -0.1) is 0 Å². The number of nitrogens with zero attached hydrogens (tertiary/aromatic N) is 3. The van der Waals surface area contributed by atoms with E-state index < -0.39 is 0 Å². The van der Waals surface area contributed by atoms with Crippen LogP contribution in [0, 0.1) is 11.3 Å². The number of hydrogen-bond donors (Lipinski definition) is 0. The van der Waals surface area contributed by atoms with E-state index in [-0.39, 0.29) is 0 Å². The van der Waals surface area contributed by atoms with Crippen LogP contribution in [0.1, 0.15) is 5.56 Å². The molecule has 1 saturated heterocycles. The van der Waals surface area contributed by atoms with E-state index in [0.29, 0.717) is 5.56 Å². The minimum absolute atomic E-state index is 0.649. The molecule has 2 rings (SSSR count). The van der Waals surface area contributed by atoms with Gasteiger partial charge in [-0.25, -0.2) is 4.98 Å². The Hall–Kier alpha value is -0.730. The number of pyridine rings is 1. The fraction of sp³-hybridized carbons (Fsp3) is 0.400. The fourth-order valence-electron chi connectivity index (χ4n) is 1.54. The van der Waals surface area contributed by atoms with Gasteiger partial charge >= 0.3 is 0 Å². The van der Waals surface area contributed by atoms with Crippen LogP contribution in [0.5, 0.6) is 0 Å². The van der Waals surface area contributed by atoms with Crippen molar-refractivity contribution in [3.63, 3.8) is 0 Å². The highest BCUT2D eigenvalue weighted by atomic mass is 79.9. The van der Waals surface area contributed by atoms with Gasteiger partial charge in [-0.1, -0.05) is 0 Å². The van der Waals surface area contributed by atoms with Gasteiger partial charge in [0.25, 0.3) is 0 Å². The summed E-state index contributed by atoms with van der Waals surface area (Å²) in [5, 5.41) is 9.03. The molecule has 3 nitrogen and oxygen atoms in total. The van der Waals surface area contributed by atoms with Crippen LogP contribution in [0.2, 0.25) is 0 Å². The van der Waals surface area contributed by atoms with E-state index >= 15 is 0 Å². The van der Waals surface area contributed by atoms with Crippen LogP contribution in [0.15, 0.2) is 16.7 Å². The van der Waals surface area contributed by atoms with Crippen LogP contribution in [-0.4, -0.2) is 29.6 Å². The summed E-state index contributed by atoms with van der Waals surface area (Å²) in [6, 6.07) is 4.02. The quantitative estimate of drug-likeness (QED) is 0.793. The summed E-state index contributed by atoms with van der Waals surface area (Å²) in [7, 11) is 0. The minimum Gasteiger partial charge on any atom is -0.354 e. The van der Waals surface area contributed by atoms with Crippen LogP contribution < -0.4 is 4.90 Å². The van der Waals surface area contributed by atoms with E-state index in [0.717, 1.165) is 34.9 Å². The second-order valence-electron chi connectivity index (χ2n) is 3.24. The first-order chi connectivity index (χ1) is 7.31. The minimum atomic E-state index is 0.649. The van der Waals surface area contributed by atoms with Crippen molar-refractivity contribution >= 4 is 33.5 Å². The average molecular weight is 284 g/mol. The molecule has 0 N–H and O–H groups in total. The van der Waals surface area contributed by atoms with Gasteiger partial charge in [0.2, 0.25) is 0 Å². The van der Waals surface area contributed by atoms with Gasteiger partial charge in [0, 0.05) is 35.3 Å². The molecule has 0 aliphatic carbocycles. The molecule has 0 amide bonds. The summed E-state index contributed by atoms with van der Waals surface area (Å²) in [6.07, 6.45) is 1.75. The third-order valence-electron chi connectivity index (χ3n) is 2.26. The van der Waals surface area contributed by atoms with Gasteiger partial charge in [0.15, 0.2) is 0 Å². The Kier molecular flexibility index (Phi) is 3.49. The maximum absolute atomic E-state index is 9.03. The lowest BCUT2D eigenvalue weighted by molar-refractivity contribution is 0.837. The largest absolute Gasteiger partial charge is 0.354 e. The Morgan fingerprint density at radius 3 is 2.87 bits per heavy atom. The van der Waals surface area contributed by atoms with E-state index in [4.69, 9.17) is 5.26 Å². The van der Waals surface area contributed by atoms with Gasteiger partial charge in [0.05, 0.1) is 5.56 Å². The molecule has 78 valence electrons. The van der Waals surface area contributed by atoms with Gasteiger partial charge in [-0.3, -0.25) is 0 Å². The molecule has 0 aromatic carbocycles. The molecule has 1 aromatic rings. The van der Waals surface area contributed by atoms with Crippen molar-refractivity contribution in [2.45, 2.75) is 0 Å². The first-order valence-corrected chi connectivity index (χ1v) is 6.64. The molecule has 0 unspecified atom stereocenters. The Morgan fingerprint density at radius 2 is 2.20 bits per heavy atom. The number of halogens is 1. The smallest absolute Gasteiger partial charge is 0.146 e. The number of thioether (sulfide) groups is 1. The topological polar surface area (TPSA) is 39.9 Å². The summed E-state index contributed by atoms with van der Waals surface area (Å²) >= 11 is 5.27. The Balaban J connectivity index is 2.30. The lowest BCUT2D eigenvalue weighted by atomic mass is 10.2. The number of nitriles is 1. The molecular formula is C10H10BrN3S. The van der Waals surface area contributed by atoms with Crippen LogP contribution in [0.4, 0.5) is 5.82 Å². The van der Waals surface area contributed by atoms with E-state index in [1.165, 1.54) is 0 Å². The van der Waals surface area contributed by atoms with Crippen LogP contribution in [0.25, 0.3) is 0 Å². The second kappa shape index (κ2) is 4.86. The lowest BCUT2D eigenvalue weighted by Gasteiger charge is -2.27. The van der Waals surface area contributed by atoms with Crippen molar-refractivity contribution in [2.75, 3.05) is 29.5 Å². The van der Waals surface area contributed by atoms with Gasteiger partial charge in [0.1, 0.15) is 11.9 Å². The summed E-state index contributed by atoms with van der Waals surface area (Å²) < 4.78 is 0.856. The standard InChI is InChI=1S/C10H10BrN3S/c11-9-5-8(6-12)10(13-7-9)14-1-3-15-4-2-14/h5,7H,1-4H2. The summed E-state index contributed by atoms with van der Waals surface area (Å²) in [6.45, 7) is 1.96. The Bertz CT molecular complexity index is 396. The highest BCUT2D eigenvalue weighted by Crippen LogP contribution is 2.23. The first-order valence-electron chi connectivity index (χ1n) is 4.69. The number of aromatic nitrogens is 1. The molecule has 1 aromatic heterocycles. The molecule has 15 heavy (non-hydrogen) atoms. The van der Waals surface area contributed by atoms with Crippen molar-refractivity contribution in [1.82, 2.24) is 4.98 Å². The second-order valence-corrected chi connectivity index (χ2v) is 5.38. The van der Waals surface area contributed by atoms with Crippen LogP contribution >= 0.6 is 27.7 Å². The molecule has 0 atom stereocenters. The third-order valence-corrected chi connectivity index (χ3v) is 3.64. The SMILES string of the molecule is N#Cc1cc(Br)cnc1N1CCSCC1. The number of rotatable bonds is 1. The zero-order chi connectivity index (χ0) is 10.7. The maximum atomic E-state index is 9.03. The van der Waals surface area contributed by atoms with Crippen molar-refractivity contribution in [1.29, 1.82) is 5.26 Å². The van der Waals surface area contributed by atoms with Gasteiger partial charge in [-0.2, -0.15) is 17.0 Å². The lowest BCUT2D eigenvalue weighted by Crippen LogP contribution is -2.33. The predicted octanol–water partition coefficient (Wildman–Crippen LogP) is 2.27. The van der Waals surface area contributed by atoms with Crippen LogP contribution in [-0.2, 0) is 0 Å². The summed E-state index contributed by atoms with van der Waals surface area (Å²) in [4.78, 5) is 6.50. The van der Waals surface area contributed by atoms with E-state index in [1.807, 2.05) is 17.8 Å². The first kappa shape index (κ1) is 10.8. The van der Waals surface area contributed by atoms with E-state index in [2.05, 4.69) is 31.9 Å². The van der Waals surface area contributed by atoms with Crippen LogP contribution in [0.3, 0.4) is 0 Å². The molecule has 1 fully saturated rings. The molecule has 0 spiro atoms. The predicted molar refractivity (Wildman–Crippen MR) is 66.2 cm³/mol. The fourth-order valence-corrected chi connectivity index (χ4v) is 2.78. The van der Waals surface area contributed by atoms with Crippen molar-refractivity contribution in [3.05, 3.63) is 22.3 Å². The molecule has 1 aliphatic rings. The number of hydrogen-bond acceptors (Lipinski definition) is 4. The molecule has 0 radical (unpaired) electrons. The monoisotopic (exact) mass is 283 g/mol. The summed E-state index contributed by atoms with van der Waals surface area (Å²) in [5.74, 6) is 3.05. The van der Waals surface area contributed by atoms with E-state index in [1.54, 1.807) is 6.20 Å². The molecule has 0 saturated carbocycles.